The van der Waals surface area contributed by atoms with Crippen LogP contribution in [-0.4, -0.2) is 17.7 Å². The highest BCUT2D eigenvalue weighted by molar-refractivity contribution is 5.87. The molecule has 0 saturated heterocycles. The molecule has 1 fully saturated rings. The van der Waals surface area contributed by atoms with Crippen LogP contribution in [0.2, 0.25) is 0 Å². The Balaban J connectivity index is 1.51. The molecule has 30 heavy (non-hydrogen) atoms. The Morgan fingerprint density at radius 2 is 1.47 bits per heavy atom. The lowest BCUT2D eigenvalue weighted by Crippen LogP contribution is -2.34. The molecule has 2 aromatic rings. The summed E-state index contributed by atoms with van der Waals surface area (Å²) in [6, 6.07) is 10.9. The van der Waals surface area contributed by atoms with Crippen molar-refractivity contribution < 1.29 is 27.4 Å². The topological polar surface area (TPSA) is 59.9 Å². The van der Waals surface area contributed by atoms with Crippen molar-refractivity contribution in [3.05, 3.63) is 54.1 Å². The van der Waals surface area contributed by atoms with E-state index in [9.17, 15) is 18.0 Å². The molecule has 0 bridgehead atoms. The van der Waals surface area contributed by atoms with E-state index in [2.05, 4.69) is 10.5 Å². The highest BCUT2D eigenvalue weighted by Crippen LogP contribution is 2.31. The first-order valence-corrected chi connectivity index (χ1v) is 9.78. The Bertz CT molecular complexity index is 870. The van der Waals surface area contributed by atoms with E-state index in [0.29, 0.717) is 11.5 Å². The van der Waals surface area contributed by atoms with Crippen LogP contribution in [0.5, 0.6) is 17.2 Å². The first kappa shape index (κ1) is 21.7. The van der Waals surface area contributed by atoms with Gasteiger partial charge in [0, 0.05) is 5.71 Å². The summed E-state index contributed by atoms with van der Waals surface area (Å²) in [5, 5.41) is 4.17. The number of benzene rings is 2. The van der Waals surface area contributed by atoms with Crippen molar-refractivity contribution in [3.63, 3.8) is 0 Å². The molecule has 160 valence electrons. The van der Waals surface area contributed by atoms with Crippen molar-refractivity contribution in [2.45, 2.75) is 51.3 Å². The zero-order chi connectivity index (χ0) is 21.6. The van der Waals surface area contributed by atoms with Crippen molar-refractivity contribution in [3.8, 4) is 17.2 Å². The molecule has 1 N–H and O–H groups in total. The van der Waals surface area contributed by atoms with Gasteiger partial charge < -0.3 is 9.47 Å². The molecule has 5 nitrogen and oxygen atoms in total. The van der Waals surface area contributed by atoms with Gasteiger partial charge in [-0.3, -0.25) is 4.79 Å². The number of halogens is 3. The van der Waals surface area contributed by atoms with E-state index in [1.807, 2.05) is 0 Å². The van der Waals surface area contributed by atoms with Gasteiger partial charge in [-0.1, -0.05) is 6.42 Å². The van der Waals surface area contributed by atoms with E-state index >= 15 is 0 Å². The van der Waals surface area contributed by atoms with Gasteiger partial charge in [-0.2, -0.15) is 18.3 Å². The molecule has 1 amide bonds. The number of carbonyl (C=O) groups excluding carboxylic acids is 1. The van der Waals surface area contributed by atoms with Crippen LogP contribution >= 0.6 is 0 Å². The predicted octanol–water partition coefficient (Wildman–Crippen LogP) is 5.70. The van der Waals surface area contributed by atoms with Gasteiger partial charge in [0.25, 0.3) is 5.91 Å². The first-order chi connectivity index (χ1) is 14.3. The monoisotopic (exact) mass is 420 g/mol. The van der Waals surface area contributed by atoms with Crippen molar-refractivity contribution in [2.24, 2.45) is 5.10 Å². The quantitative estimate of drug-likeness (QED) is 0.610. The summed E-state index contributed by atoms with van der Waals surface area (Å²) < 4.78 is 49.0. The minimum atomic E-state index is -4.39. The molecule has 1 unspecified atom stereocenters. The maximum atomic E-state index is 12.6. The molecule has 0 radical (unpaired) electrons. The Labute approximate surface area is 172 Å². The third-order valence-electron chi connectivity index (χ3n) is 4.68. The molecule has 1 atom stereocenters. The van der Waals surface area contributed by atoms with Crippen LogP contribution in [-0.2, 0) is 11.0 Å². The average molecular weight is 420 g/mol. The maximum absolute atomic E-state index is 12.6. The van der Waals surface area contributed by atoms with Crippen molar-refractivity contribution in [2.75, 3.05) is 0 Å². The molecule has 8 heteroatoms. The highest BCUT2D eigenvalue weighted by Gasteiger charge is 2.30. The summed E-state index contributed by atoms with van der Waals surface area (Å²) in [6.45, 7) is 1.63. The number of nitrogens with one attached hydrogen (secondary N) is 1. The molecule has 1 aliphatic carbocycles. The fraction of sp³-hybridized carbons (Fsp3) is 0.364. The molecular weight excluding hydrogens is 397 g/mol. The summed E-state index contributed by atoms with van der Waals surface area (Å²) in [7, 11) is 0. The molecule has 0 aromatic heterocycles. The third-order valence-corrected chi connectivity index (χ3v) is 4.68. The lowest BCUT2D eigenvalue weighted by Gasteiger charge is -2.15. The Morgan fingerprint density at radius 3 is 2.03 bits per heavy atom. The number of hydrogen-bond acceptors (Lipinski definition) is 4. The van der Waals surface area contributed by atoms with Crippen molar-refractivity contribution >= 4 is 11.6 Å². The van der Waals surface area contributed by atoms with Gasteiger partial charge in [-0.15, -0.1) is 0 Å². The molecule has 0 heterocycles. The second-order valence-corrected chi connectivity index (χ2v) is 7.07. The molecule has 1 aliphatic rings. The van der Waals surface area contributed by atoms with Gasteiger partial charge in [0.15, 0.2) is 6.10 Å². The van der Waals surface area contributed by atoms with Crippen molar-refractivity contribution in [1.29, 1.82) is 0 Å². The van der Waals surface area contributed by atoms with Gasteiger partial charge in [-0.25, -0.2) is 5.43 Å². The highest BCUT2D eigenvalue weighted by atomic mass is 19.4. The molecule has 3 rings (SSSR count). The summed E-state index contributed by atoms with van der Waals surface area (Å²) in [6.07, 6.45) is 0.0999. The van der Waals surface area contributed by atoms with E-state index in [4.69, 9.17) is 9.47 Å². The first-order valence-electron chi connectivity index (χ1n) is 9.78. The second-order valence-electron chi connectivity index (χ2n) is 7.07. The number of alkyl halides is 3. The van der Waals surface area contributed by atoms with E-state index in [1.165, 1.54) is 18.6 Å². The molecule has 1 saturated carbocycles. The second kappa shape index (κ2) is 9.65. The van der Waals surface area contributed by atoms with Crippen LogP contribution in [0.25, 0.3) is 0 Å². The van der Waals surface area contributed by atoms with E-state index in [-0.39, 0.29) is 11.7 Å². The maximum Gasteiger partial charge on any atom is 0.416 e. The summed E-state index contributed by atoms with van der Waals surface area (Å²) in [5.41, 5.74) is 2.82. The summed E-state index contributed by atoms with van der Waals surface area (Å²) in [4.78, 5) is 12.1. The Kier molecular flexibility index (Phi) is 6.97. The molecule has 2 aromatic carbocycles. The number of rotatable bonds is 6. The van der Waals surface area contributed by atoms with Crippen LogP contribution in [0.4, 0.5) is 13.2 Å². The van der Waals surface area contributed by atoms with Gasteiger partial charge in [0.2, 0.25) is 0 Å². The zero-order valence-electron chi connectivity index (χ0n) is 16.5. The minimum absolute atomic E-state index is 0.284. The van der Waals surface area contributed by atoms with Gasteiger partial charge in [0.1, 0.15) is 17.2 Å². The number of carbonyl (C=O) groups is 1. The lowest BCUT2D eigenvalue weighted by atomic mass is 9.99. The van der Waals surface area contributed by atoms with Crippen LogP contribution in [0.1, 0.15) is 44.6 Å². The number of amides is 1. The van der Waals surface area contributed by atoms with Gasteiger partial charge in [0.05, 0.1) is 5.56 Å². The van der Waals surface area contributed by atoms with Gasteiger partial charge >= 0.3 is 6.18 Å². The number of hydrogen-bond donors (Lipinski definition) is 1. The smallest absolute Gasteiger partial charge is 0.416 e. The molecule has 0 aliphatic heterocycles. The van der Waals surface area contributed by atoms with Crippen LogP contribution in [0.15, 0.2) is 53.6 Å². The Morgan fingerprint density at radius 1 is 0.933 bits per heavy atom. The average Bonchev–Trinajstić information content (AvgIpc) is 2.74. The fourth-order valence-corrected chi connectivity index (χ4v) is 2.99. The number of nitrogens with zero attached hydrogens (tertiary/aromatic N) is 1. The van der Waals surface area contributed by atoms with Gasteiger partial charge in [-0.05, 0) is 81.1 Å². The van der Waals surface area contributed by atoms with E-state index < -0.39 is 17.8 Å². The lowest BCUT2D eigenvalue weighted by molar-refractivity contribution is -0.137. The molecular formula is C22H23F3N2O3. The SMILES string of the molecule is CC(Oc1ccc(Oc2ccc(C(F)(F)F)cc2)cc1)C(=O)NN=C1CCCCC1. The van der Waals surface area contributed by atoms with E-state index in [0.717, 1.165) is 43.5 Å². The summed E-state index contributed by atoms with van der Waals surface area (Å²) >= 11 is 0. The normalized spacial score (nSPS) is 15.3. The third kappa shape index (κ3) is 6.23. The Hall–Kier alpha value is -3.03. The zero-order valence-corrected chi connectivity index (χ0v) is 16.5. The van der Waals surface area contributed by atoms with E-state index in [1.54, 1.807) is 31.2 Å². The minimum Gasteiger partial charge on any atom is -0.481 e. The predicted molar refractivity (Wildman–Crippen MR) is 107 cm³/mol. The largest absolute Gasteiger partial charge is 0.481 e. The number of ether oxygens (including phenoxy) is 2. The van der Waals surface area contributed by atoms with Crippen LogP contribution < -0.4 is 14.9 Å². The van der Waals surface area contributed by atoms with Crippen molar-refractivity contribution in [1.82, 2.24) is 5.43 Å². The van der Waals surface area contributed by atoms with Crippen LogP contribution in [0.3, 0.4) is 0 Å². The van der Waals surface area contributed by atoms with Crippen LogP contribution in [0, 0.1) is 0 Å². The number of hydrazone groups is 1. The standard InChI is InChI=1S/C22H23F3N2O3/c1-15(21(28)27-26-17-5-3-2-4-6-17)29-18-11-13-20(14-12-18)30-19-9-7-16(8-10-19)22(23,24)25/h7-15H,2-6H2,1H3,(H,27,28). The fourth-order valence-electron chi connectivity index (χ4n) is 2.99. The summed E-state index contributed by atoms with van der Waals surface area (Å²) in [5.74, 6) is 0.843. The molecule has 0 spiro atoms.